The van der Waals surface area contributed by atoms with E-state index in [1.54, 1.807) is 0 Å². The largest absolute Gasteiger partial charge is 0.324 e. The van der Waals surface area contributed by atoms with E-state index < -0.39 is 7.14 Å². The molecule has 0 spiro atoms. The summed E-state index contributed by atoms with van der Waals surface area (Å²) >= 11 is 3.02. The van der Waals surface area contributed by atoms with Crippen LogP contribution in [0.3, 0.4) is 0 Å². The lowest BCUT2D eigenvalue weighted by atomic mass is 10.2. The number of aryl methyl sites for hydroxylation is 2. The van der Waals surface area contributed by atoms with Gasteiger partial charge < -0.3 is 9.88 Å². The fourth-order valence-electron chi connectivity index (χ4n) is 3.56. The molecule has 176 valence electrons. The molecule has 4 aromatic rings. The van der Waals surface area contributed by atoms with Crippen molar-refractivity contribution >= 4 is 47.7 Å². The number of carbonyl (C=O) groups excluding carboxylic acids is 1. The minimum Gasteiger partial charge on any atom is -0.324 e. The molecule has 4 aromatic carbocycles. The van der Waals surface area contributed by atoms with Gasteiger partial charge in [-0.25, -0.2) is 0 Å². The zero-order valence-corrected chi connectivity index (χ0v) is 22.1. The molecule has 6 heteroatoms. The number of amides is 1. The SMILES string of the molecule is Cc1ccc(SC(Sc2ccc(C)cc2)=C(NC=O)P(=O)(c2ccccc2)c2ccccc2)cc1. The molecule has 0 aliphatic heterocycles. The third kappa shape index (κ3) is 5.99. The van der Waals surface area contributed by atoms with Gasteiger partial charge in [-0.3, -0.25) is 4.79 Å². The highest BCUT2D eigenvalue weighted by Crippen LogP contribution is 2.56. The monoisotopic (exact) mass is 515 g/mol. The summed E-state index contributed by atoms with van der Waals surface area (Å²) in [5.74, 6) is 0. The molecule has 0 aliphatic rings. The Morgan fingerprint density at radius 2 is 1.06 bits per heavy atom. The van der Waals surface area contributed by atoms with Gasteiger partial charge in [0.2, 0.25) is 6.41 Å². The lowest BCUT2D eigenvalue weighted by Crippen LogP contribution is -2.24. The zero-order valence-electron chi connectivity index (χ0n) is 19.5. The predicted molar refractivity (Wildman–Crippen MR) is 150 cm³/mol. The summed E-state index contributed by atoms with van der Waals surface area (Å²) in [5, 5.41) is 4.21. The molecule has 0 saturated carbocycles. The average molecular weight is 516 g/mol. The smallest absolute Gasteiger partial charge is 0.211 e. The maximum atomic E-state index is 15.1. The van der Waals surface area contributed by atoms with Crippen LogP contribution in [0.15, 0.2) is 129 Å². The number of rotatable bonds is 9. The van der Waals surface area contributed by atoms with Crippen LogP contribution in [0.4, 0.5) is 0 Å². The first-order valence-electron chi connectivity index (χ1n) is 11.2. The third-order valence-corrected chi connectivity index (χ3v) is 11.0. The van der Waals surface area contributed by atoms with E-state index in [4.69, 9.17) is 0 Å². The maximum absolute atomic E-state index is 15.1. The number of thioether (sulfide) groups is 2. The Balaban J connectivity index is 1.96. The molecule has 0 unspecified atom stereocenters. The Morgan fingerprint density at radius 3 is 1.43 bits per heavy atom. The molecule has 3 nitrogen and oxygen atoms in total. The summed E-state index contributed by atoms with van der Waals surface area (Å²) in [6.07, 6.45) is 0.624. The van der Waals surface area contributed by atoms with Gasteiger partial charge in [0, 0.05) is 20.4 Å². The van der Waals surface area contributed by atoms with Gasteiger partial charge in [0.05, 0.1) is 4.24 Å². The van der Waals surface area contributed by atoms with Gasteiger partial charge in [-0.05, 0) is 38.1 Å². The van der Waals surface area contributed by atoms with E-state index >= 15 is 4.57 Å². The van der Waals surface area contributed by atoms with E-state index in [2.05, 4.69) is 29.6 Å². The number of hydrogen-bond acceptors (Lipinski definition) is 4. The standard InChI is InChI=1S/C29H26NO2PS2/c1-22-13-17-26(18-14-22)34-29(35-27-19-15-23(2)16-20-27)28(30-21-31)33(32,24-9-5-3-6-10-24)25-11-7-4-8-12-25/h3-21H,1-2H3,(H,30,31). The number of nitrogens with one attached hydrogen (secondary N) is 1. The fraction of sp³-hybridized carbons (Fsp3) is 0.0690. The molecule has 0 heterocycles. The topological polar surface area (TPSA) is 46.2 Å². The van der Waals surface area contributed by atoms with Crippen LogP contribution in [0, 0.1) is 13.8 Å². The lowest BCUT2D eigenvalue weighted by molar-refractivity contribution is -0.108. The van der Waals surface area contributed by atoms with Gasteiger partial charge in [0.1, 0.15) is 5.44 Å². The van der Waals surface area contributed by atoms with Gasteiger partial charge in [-0.15, -0.1) is 0 Å². The molecule has 1 amide bonds. The molecule has 0 aliphatic carbocycles. The van der Waals surface area contributed by atoms with Crippen molar-refractivity contribution in [2.24, 2.45) is 0 Å². The first-order valence-corrected chi connectivity index (χ1v) is 14.5. The van der Waals surface area contributed by atoms with E-state index in [0.29, 0.717) is 22.5 Å². The van der Waals surface area contributed by atoms with Crippen LogP contribution < -0.4 is 15.9 Å². The summed E-state index contributed by atoms with van der Waals surface area (Å²) in [6, 6.07) is 35.2. The molecule has 0 radical (unpaired) electrons. The van der Waals surface area contributed by atoms with Crippen molar-refractivity contribution in [3.05, 3.63) is 130 Å². The number of hydrogen-bond donors (Lipinski definition) is 1. The fourth-order valence-corrected chi connectivity index (χ4v) is 9.12. The van der Waals surface area contributed by atoms with Crippen molar-refractivity contribution in [3.63, 3.8) is 0 Å². The Hall–Kier alpha value is -2.98. The second-order valence-corrected chi connectivity index (χ2v) is 13.1. The molecular formula is C29H26NO2PS2. The zero-order chi connectivity index (χ0) is 24.7. The highest BCUT2D eigenvalue weighted by molar-refractivity contribution is 8.22. The van der Waals surface area contributed by atoms with Crippen LogP contribution in [-0.4, -0.2) is 6.41 Å². The van der Waals surface area contributed by atoms with Crippen LogP contribution in [0.2, 0.25) is 0 Å². The van der Waals surface area contributed by atoms with Crippen LogP contribution >= 0.6 is 30.7 Å². The van der Waals surface area contributed by atoms with Crippen molar-refractivity contribution in [1.29, 1.82) is 0 Å². The lowest BCUT2D eigenvalue weighted by Gasteiger charge is -2.25. The van der Waals surface area contributed by atoms with E-state index in [1.807, 2.05) is 98.8 Å². The quantitative estimate of drug-likeness (QED) is 0.147. The van der Waals surface area contributed by atoms with Gasteiger partial charge in [0.15, 0.2) is 7.14 Å². The van der Waals surface area contributed by atoms with Crippen LogP contribution in [0.5, 0.6) is 0 Å². The first kappa shape index (κ1) is 25.1. The Morgan fingerprint density at radius 1 is 0.657 bits per heavy atom. The molecule has 0 saturated heterocycles. The molecule has 0 fully saturated rings. The Bertz CT molecular complexity index is 1260. The molecule has 0 bridgehead atoms. The third-order valence-electron chi connectivity index (χ3n) is 5.41. The second-order valence-electron chi connectivity index (χ2n) is 8.01. The molecule has 0 aromatic heterocycles. The Kier molecular flexibility index (Phi) is 8.35. The molecule has 35 heavy (non-hydrogen) atoms. The predicted octanol–water partition coefficient (Wildman–Crippen LogP) is 7.07. The number of carbonyl (C=O) groups is 1. The first-order chi connectivity index (χ1) is 17.0. The summed E-state index contributed by atoms with van der Waals surface area (Å²) in [5.41, 5.74) is 2.74. The van der Waals surface area contributed by atoms with Crippen LogP contribution in [-0.2, 0) is 9.36 Å². The van der Waals surface area contributed by atoms with Crippen molar-refractivity contribution in [2.45, 2.75) is 23.6 Å². The summed E-state index contributed by atoms with van der Waals surface area (Å²) in [7, 11) is -3.40. The summed E-state index contributed by atoms with van der Waals surface area (Å²) < 4.78 is 15.9. The highest BCUT2D eigenvalue weighted by atomic mass is 32.2. The van der Waals surface area contributed by atoms with Crippen molar-refractivity contribution in [2.75, 3.05) is 0 Å². The van der Waals surface area contributed by atoms with Crippen molar-refractivity contribution in [1.82, 2.24) is 5.32 Å². The maximum Gasteiger partial charge on any atom is 0.211 e. The van der Waals surface area contributed by atoms with Crippen molar-refractivity contribution < 1.29 is 9.36 Å². The van der Waals surface area contributed by atoms with Gasteiger partial charge >= 0.3 is 0 Å². The van der Waals surface area contributed by atoms with E-state index in [0.717, 1.165) is 25.2 Å². The minimum atomic E-state index is -3.40. The van der Waals surface area contributed by atoms with Gasteiger partial charge in [-0.1, -0.05) is 120 Å². The second kappa shape index (κ2) is 11.6. The summed E-state index contributed by atoms with van der Waals surface area (Å²) in [4.78, 5) is 13.9. The van der Waals surface area contributed by atoms with E-state index in [-0.39, 0.29) is 0 Å². The van der Waals surface area contributed by atoms with E-state index in [1.165, 1.54) is 23.5 Å². The number of benzene rings is 4. The normalized spacial score (nSPS) is 11.0. The highest BCUT2D eigenvalue weighted by Gasteiger charge is 2.35. The molecular weight excluding hydrogens is 489 g/mol. The van der Waals surface area contributed by atoms with Gasteiger partial charge in [0.25, 0.3) is 0 Å². The van der Waals surface area contributed by atoms with Crippen LogP contribution in [0.1, 0.15) is 11.1 Å². The summed E-state index contributed by atoms with van der Waals surface area (Å²) in [6.45, 7) is 4.09. The minimum absolute atomic E-state index is 0.418. The van der Waals surface area contributed by atoms with Gasteiger partial charge in [-0.2, -0.15) is 0 Å². The van der Waals surface area contributed by atoms with Crippen LogP contribution in [0.25, 0.3) is 0 Å². The van der Waals surface area contributed by atoms with E-state index in [9.17, 15) is 4.79 Å². The molecule has 1 N–H and O–H groups in total. The molecule has 0 atom stereocenters. The Labute approximate surface area is 215 Å². The van der Waals surface area contributed by atoms with Crippen molar-refractivity contribution in [3.8, 4) is 0 Å². The molecule has 4 rings (SSSR count). The average Bonchev–Trinajstić information content (AvgIpc) is 2.90.